The van der Waals surface area contributed by atoms with E-state index in [0.29, 0.717) is 0 Å². The van der Waals surface area contributed by atoms with Gasteiger partial charge in [0.05, 0.1) is 0 Å². The Morgan fingerprint density at radius 2 is 0.818 bits per heavy atom. The molecule has 5 nitrogen and oxygen atoms in total. The molecule has 11 heteroatoms. The summed E-state index contributed by atoms with van der Waals surface area (Å²) in [6.07, 6.45) is 0. The smallest absolute Gasteiger partial charge is 0.344 e. The van der Waals surface area contributed by atoms with E-state index < -0.39 is 10.4 Å². The van der Waals surface area contributed by atoms with Gasteiger partial charge in [-0.3, -0.25) is 9.11 Å². The van der Waals surface area contributed by atoms with E-state index >= 15 is 0 Å². The summed E-state index contributed by atoms with van der Waals surface area (Å²) in [5.41, 5.74) is 0. The Balaban J connectivity index is -0.00000000533. The molecule has 0 saturated carbocycles. The van der Waals surface area contributed by atoms with E-state index in [1.54, 1.807) is 0 Å². The number of hydrogen-bond acceptors (Lipinski definition) is 3. The minimum Gasteiger partial charge on any atom is -0.344 e. The Hall–Kier alpha value is 1.70. The fraction of sp³-hybridized carbons (Fsp3) is 0. The standard InChI is InChI=1S/4ClH.H3N.H2O4S.Ti/c;;;;;1-5(2,3)4;/h4*1H;1H3;(H2,1,2,3,4);. The van der Waals surface area contributed by atoms with E-state index in [1.807, 2.05) is 0 Å². The van der Waals surface area contributed by atoms with Crippen LogP contribution in [-0.2, 0) is 32.1 Å². The summed E-state index contributed by atoms with van der Waals surface area (Å²) in [4.78, 5) is 0. The van der Waals surface area contributed by atoms with Crippen LogP contribution in [0.15, 0.2) is 0 Å². The molecule has 0 rings (SSSR count). The average molecular weight is 309 g/mol. The van der Waals surface area contributed by atoms with Crippen LogP contribution in [0, 0.1) is 0 Å². The van der Waals surface area contributed by atoms with Crippen molar-refractivity contribution in [2.75, 3.05) is 0 Å². The van der Waals surface area contributed by atoms with Crippen molar-refractivity contribution >= 4 is 60.0 Å². The van der Waals surface area contributed by atoms with Crippen LogP contribution < -0.4 is 6.15 Å². The van der Waals surface area contributed by atoms with Gasteiger partial charge in [-0.05, 0) is 0 Å². The zero-order valence-corrected chi connectivity index (χ0v) is 10.6. The summed E-state index contributed by atoms with van der Waals surface area (Å²) >= 11 is 0. The van der Waals surface area contributed by atoms with Crippen LogP contribution in [0.2, 0.25) is 0 Å². The second kappa shape index (κ2) is 22.6. The fourth-order valence-corrected chi connectivity index (χ4v) is 0. The van der Waals surface area contributed by atoms with Crippen molar-refractivity contribution in [1.82, 2.24) is 6.15 Å². The Bertz CT molecular complexity index is 105. The summed E-state index contributed by atoms with van der Waals surface area (Å²) in [5.74, 6) is 0. The predicted octanol–water partition coefficient (Wildman–Crippen LogP) is 1.19. The first-order valence-electron chi connectivity index (χ1n) is 0.698. The zero-order chi connectivity index (χ0) is 4.50. The van der Waals surface area contributed by atoms with Gasteiger partial charge in [0.25, 0.3) is 0 Å². The van der Waals surface area contributed by atoms with E-state index in [0.717, 1.165) is 0 Å². The van der Waals surface area contributed by atoms with Crippen molar-refractivity contribution in [2.45, 2.75) is 0 Å². The van der Waals surface area contributed by atoms with Crippen LogP contribution in [0.5, 0.6) is 0 Å². The zero-order valence-electron chi connectivity index (χ0n) is 4.96. The summed E-state index contributed by atoms with van der Waals surface area (Å²) in [7, 11) is -4.67. The minimum atomic E-state index is -4.67. The van der Waals surface area contributed by atoms with Crippen molar-refractivity contribution in [3.8, 4) is 0 Å². The molecule has 0 spiro atoms. The van der Waals surface area contributed by atoms with Crippen LogP contribution >= 0.6 is 49.6 Å². The predicted molar refractivity (Wildman–Crippen MR) is 48.2 cm³/mol. The third-order valence-electron chi connectivity index (χ3n) is 0. The largest absolute Gasteiger partial charge is 0.394 e. The van der Waals surface area contributed by atoms with Crippen molar-refractivity contribution in [1.29, 1.82) is 0 Å². The van der Waals surface area contributed by atoms with Crippen molar-refractivity contribution in [2.24, 2.45) is 0 Å². The summed E-state index contributed by atoms with van der Waals surface area (Å²) in [6.45, 7) is 0. The number of rotatable bonds is 0. The average Bonchev–Trinajstić information content (AvgIpc) is 0.722. The van der Waals surface area contributed by atoms with Crippen LogP contribution in [0.1, 0.15) is 0 Å². The molecule has 0 heterocycles. The first kappa shape index (κ1) is 53.5. The van der Waals surface area contributed by atoms with E-state index in [1.165, 1.54) is 0 Å². The van der Waals surface area contributed by atoms with Gasteiger partial charge in [-0.25, -0.2) is 0 Å². The molecule has 0 aromatic heterocycles. The molecule has 11 heavy (non-hydrogen) atoms. The molecule has 0 aliphatic heterocycles. The fourth-order valence-electron chi connectivity index (χ4n) is 0. The second-order valence-corrected chi connectivity index (χ2v) is 1.34. The first-order chi connectivity index (χ1) is 2.00. The second-order valence-electron chi connectivity index (χ2n) is 0.448. The molecule has 0 atom stereocenters. The molecule has 0 fully saturated rings. The monoisotopic (exact) mass is 307 g/mol. The van der Waals surface area contributed by atoms with Crippen LogP contribution in [0.25, 0.3) is 0 Å². The number of hydrogen-bond donors (Lipinski definition) is 3. The van der Waals surface area contributed by atoms with Crippen molar-refractivity contribution in [3.63, 3.8) is 0 Å². The maximum Gasteiger partial charge on any atom is 0.394 e. The Kier molecular flexibility index (Phi) is 110. The van der Waals surface area contributed by atoms with Crippen LogP contribution in [0.3, 0.4) is 0 Å². The molecule has 5 N–H and O–H groups in total. The molecule has 0 aliphatic carbocycles. The van der Waals surface area contributed by atoms with Gasteiger partial charge >= 0.3 is 10.4 Å². The Morgan fingerprint density at radius 3 is 0.818 bits per heavy atom. The van der Waals surface area contributed by atoms with Crippen LogP contribution in [0.4, 0.5) is 0 Å². The van der Waals surface area contributed by atoms with E-state index in [2.05, 4.69) is 0 Å². The first-order valence-corrected chi connectivity index (χ1v) is 2.10. The van der Waals surface area contributed by atoms with Crippen LogP contribution in [-0.4, -0.2) is 17.5 Å². The van der Waals surface area contributed by atoms with Crippen molar-refractivity contribution in [3.05, 3.63) is 0 Å². The van der Waals surface area contributed by atoms with E-state index in [4.69, 9.17) is 17.5 Å². The third kappa shape index (κ3) is 379. The molecule has 0 amide bonds. The van der Waals surface area contributed by atoms with Gasteiger partial charge in [0.1, 0.15) is 0 Å². The molecule has 0 bridgehead atoms. The molecular weight excluding hydrogens is 300 g/mol. The summed E-state index contributed by atoms with van der Waals surface area (Å²) < 4.78 is 31.6. The van der Waals surface area contributed by atoms with Gasteiger partial charge in [0, 0.05) is 21.7 Å². The molecule has 0 radical (unpaired) electrons. The van der Waals surface area contributed by atoms with Gasteiger partial charge in [-0.15, -0.1) is 49.6 Å². The van der Waals surface area contributed by atoms with Gasteiger partial charge in [0.2, 0.25) is 0 Å². The molecule has 0 aromatic carbocycles. The number of halogens is 4. The molecule has 0 unspecified atom stereocenters. The van der Waals surface area contributed by atoms with E-state index in [-0.39, 0.29) is 77.5 Å². The normalized spacial score (nSPS) is 5.27. The van der Waals surface area contributed by atoms with Gasteiger partial charge in [0.15, 0.2) is 0 Å². The quantitative estimate of drug-likeness (QED) is 0.460. The molecule has 0 aromatic rings. The van der Waals surface area contributed by atoms with Gasteiger partial charge in [-0.1, -0.05) is 0 Å². The Morgan fingerprint density at radius 1 is 0.818 bits per heavy atom. The SMILES string of the molecule is Cl.Cl.Cl.Cl.N.O=S(=O)(O)O.[Ti]. The Labute approximate surface area is 105 Å². The van der Waals surface area contributed by atoms with Gasteiger partial charge in [-0.2, -0.15) is 8.42 Å². The topological polar surface area (TPSA) is 110 Å². The van der Waals surface area contributed by atoms with E-state index in [9.17, 15) is 0 Å². The van der Waals surface area contributed by atoms with Gasteiger partial charge < -0.3 is 6.15 Å². The minimum absolute atomic E-state index is 0. The maximum atomic E-state index is 8.74. The van der Waals surface area contributed by atoms with Crippen molar-refractivity contribution < 1.29 is 39.2 Å². The summed E-state index contributed by atoms with van der Waals surface area (Å²) in [5, 5.41) is 0. The molecular formula is H9Cl4NO4STi. The molecule has 0 saturated heterocycles. The maximum absolute atomic E-state index is 8.74. The summed E-state index contributed by atoms with van der Waals surface area (Å²) in [6, 6.07) is 0. The molecule has 76 valence electrons. The molecule has 0 aliphatic rings. The third-order valence-corrected chi connectivity index (χ3v) is 0.